The summed E-state index contributed by atoms with van der Waals surface area (Å²) >= 11 is 2.10. The van der Waals surface area contributed by atoms with Crippen molar-refractivity contribution in [3.05, 3.63) is 17.0 Å². The fourth-order valence-corrected chi connectivity index (χ4v) is 4.49. The van der Waals surface area contributed by atoms with Gasteiger partial charge in [0, 0.05) is 29.9 Å². The maximum atomic E-state index is 5.22. The summed E-state index contributed by atoms with van der Waals surface area (Å²) in [5, 5.41) is 11.8. The van der Waals surface area contributed by atoms with E-state index in [1.807, 2.05) is 13.8 Å². The molecule has 0 radical (unpaired) electrons. The highest BCUT2D eigenvalue weighted by Gasteiger charge is 2.22. The van der Waals surface area contributed by atoms with Crippen LogP contribution in [0.3, 0.4) is 0 Å². The third-order valence-electron chi connectivity index (χ3n) is 4.53. The maximum absolute atomic E-state index is 5.22. The first kappa shape index (κ1) is 22.6. The SMILES string of the molecule is CCNC(=NCCc1c(C)noc1C)NC1CCCC(SCC)C1.I. The number of halogens is 1. The number of nitrogens with zero attached hydrogens (tertiary/aromatic N) is 2. The van der Waals surface area contributed by atoms with Crippen LogP contribution in [0.4, 0.5) is 0 Å². The van der Waals surface area contributed by atoms with E-state index in [0.717, 1.165) is 42.2 Å². The third-order valence-corrected chi connectivity index (χ3v) is 5.76. The summed E-state index contributed by atoms with van der Waals surface area (Å²) in [5.74, 6) is 3.06. The number of thioether (sulfide) groups is 1. The molecule has 2 unspecified atom stereocenters. The number of aryl methyl sites for hydroxylation is 2. The quantitative estimate of drug-likeness (QED) is 0.350. The molecule has 1 saturated carbocycles. The summed E-state index contributed by atoms with van der Waals surface area (Å²) < 4.78 is 5.22. The molecule has 144 valence electrons. The Morgan fingerprint density at radius 2 is 2.12 bits per heavy atom. The predicted octanol–water partition coefficient (Wildman–Crippen LogP) is 4.07. The van der Waals surface area contributed by atoms with Gasteiger partial charge in [0.15, 0.2) is 5.96 Å². The molecule has 0 bridgehead atoms. The highest BCUT2D eigenvalue weighted by molar-refractivity contribution is 14.0. The molecule has 1 aromatic rings. The minimum Gasteiger partial charge on any atom is -0.361 e. The lowest BCUT2D eigenvalue weighted by Crippen LogP contribution is -2.45. The highest BCUT2D eigenvalue weighted by Crippen LogP contribution is 2.28. The smallest absolute Gasteiger partial charge is 0.191 e. The van der Waals surface area contributed by atoms with E-state index in [4.69, 9.17) is 9.52 Å². The van der Waals surface area contributed by atoms with Crippen molar-refractivity contribution >= 4 is 41.7 Å². The first-order chi connectivity index (χ1) is 11.6. The zero-order chi connectivity index (χ0) is 17.4. The molecule has 2 N–H and O–H groups in total. The molecule has 0 aliphatic heterocycles. The normalized spacial score (nSPS) is 20.9. The Kier molecular flexibility index (Phi) is 10.9. The Morgan fingerprint density at radius 3 is 2.76 bits per heavy atom. The molecule has 2 atom stereocenters. The lowest BCUT2D eigenvalue weighted by Gasteiger charge is -2.30. The largest absolute Gasteiger partial charge is 0.361 e. The van der Waals surface area contributed by atoms with Crippen LogP contribution in [0.1, 0.15) is 56.5 Å². The van der Waals surface area contributed by atoms with Crippen LogP contribution in [0.5, 0.6) is 0 Å². The summed E-state index contributed by atoms with van der Waals surface area (Å²) in [5.41, 5.74) is 2.17. The Balaban J connectivity index is 0.00000312. The maximum Gasteiger partial charge on any atom is 0.191 e. The van der Waals surface area contributed by atoms with Crippen LogP contribution < -0.4 is 10.6 Å². The van der Waals surface area contributed by atoms with Gasteiger partial charge in [0.25, 0.3) is 0 Å². The van der Waals surface area contributed by atoms with Crippen LogP contribution in [0.15, 0.2) is 9.52 Å². The zero-order valence-electron chi connectivity index (χ0n) is 15.9. The number of aliphatic imine (C=N–C) groups is 1. The van der Waals surface area contributed by atoms with Gasteiger partial charge in [-0.1, -0.05) is 18.5 Å². The van der Waals surface area contributed by atoms with Gasteiger partial charge in [-0.15, -0.1) is 24.0 Å². The molecule has 2 rings (SSSR count). The van der Waals surface area contributed by atoms with Gasteiger partial charge in [-0.05, 0) is 52.2 Å². The number of hydrogen-bond donors (Lipinski definition) is 2. The van der Waals surface area contributed by atoms with Gasteiger partial charge in [-0.2, -0.15) is 11.8 Å². The van der Waals surface area contributed by atoms with Crippen molar-refractivity contribution in [3.8, 4) is 0 Å². The molecule has 1 aliphatic carbocycles. The van der Waals surface area contributed by atoms with Crippen LogP contribution in [0.25, 0.3) is 0 Å². The summed E-state index contributed by atoms with van der Waals surface area (Å²) in [6, 6.07) is 0.541. The highest BCUT2D eigenvalue weighted by atomic mass is 127. The number of guanidine groups is 1. The molecule has 25 heavy (non-hydrogen) atoms. The van der Waals surface area contributed by atoms with Crippen LogP contribution in [0, 0.1) is 13.8 Å². The average molecular weight is 480 g/mol. The van der Waals surface area contributed by atoms with E-state index in [-0.39, 0.29) is 24.0 Å². The molecule has 5 nitrogen and oxygen atoms in total. The predicted molar refractivity (Wildman–Crippen MR) is 118 cm³/mol. The first-order valence-electron chi connectivity index (χ1n) is 9.22. The van der Waals surface area contributed by atoms with Gasteiger partial charge < -0.3 is 15.2 Å². The lowest BCUT2D eigenvalue weighted by atomic mass is 9.95. The monoisotopic (exact) mass is 480 g/mol. The van der Waals surface area contributed by atoms with Crippen molar-refractivity contribution in [2.24, 2.45) is 4.99 Å². The van der Waals surface area contributed by atoms with Crippen molar-refractivity contribution < 1.29 is 4.52 Å². The summed E-state index contributed by atoms with van der Waals surface area (Å²) in [6.45, 7) is 9.96. The van der Waals surface area contributed by atoms with Gasteiger partial charge in [0.1, 0.15) is 5.76 Å². The van der Waals surface area contributed by atoms with E-state index in [1.165, 1.54) is 37.0 Å². The Bertz CT molecular complexity index is 514. The Hall–Kier alpha value is -0.440. The third kappa shape index (κ3) is 7.37. The van der Waals surface area contributed by atoms with Gasteiger partial charge >= 0.3 is 0 Å². The van der Waals surface area contributed by atoms with Crippen LogP contribution >= 0.6 is 35.7 Å². The van der Waals surface area contributed by atoms with Crippen molar-refractivity contribution in [3.63, 3.8) is 0 Å². The van der Waals surface area contributed by atoms with Crippen molar-refractivity contribution in [1.29, 1.82) is 0 Å². The number of hydrogen-bond acceptors (Lipinski definition) is 4. The summed E-state index contributed by atoms with van der Waals surface area (Å²) in [6.07, 6.45) is 6.03. The van der Waals surface area contributed by atoms with Crippen molar-refractivity contribution in [2.75, 3.05) is 18.8 Å². The second-order valence-corrected chi connectivity index (χ2v) is 7.98. The molecule has 7 heteroatoms. The van der Waals surface area contributed by atoms with E-state index >= 15 is 0 Å². The molecule has 0 aromatic carbocycles. The minimum atomic E-state index is 0. The first-order valence-corrected chi connectivity index (χ1v) is 10.3. The van der Waals surface area contributed by atoms with Crippen molar-refractivity contribution in [1.82, 2.24) is 15.8 Å². The van der Waals surface area contributed by atoms with E-state index in [1.54, 1.807) is 0 Å². The topological polar surface area (TPSA) is 62.5 Å². The van der Waals surface area contributed by atoms with Crippen LogP contribution in [-0.2, 0) is 6.42 Å². The van der Waals surface area contributed by atoms with E-state index < -0.39 is 0 Å². The molecule has 1 heterocycles. The summed E-state index contributed by atoms with van der Waals surface area (Å²) in [7, 11) is 0. The molecular weight excluding hydrogens is 447 g/mol. The lowest BCUT2D eigenvalue weighted by molar-refractivity contribution is 0.392. The Morgan fingerprint density at radius 1 is 1.32 bits per heavy atom. The molecule has 0 amide bonds. The molecular formula is C18H33IN4OS. The standard InChI is InChI=1S/C18H32N4OS.HI/c1-5-19-18(20-11-10-17-13(3)22-23-14(17)4)21-15-8-7-9-16(12-15)24-6-2;/h15-16H,5-12H2,1-4H3,(H2,19,20,21);1H. The van der Waals surface area contributed by atoms with Gasteiger partial charge in [0.2, 0.25) is 0 Å². The van der Waals surface area contributed by atoms with Gasteiger partial charge in [-0.25, -0.2) is 0 Å². The second kappa shape index (κ2) is 12.0. The van der Waals surface area contributed by atoms with E-state index in [2.05, 4.69) is 41.4 Å². The molecule has 1 aromatic heterocycles. The molecule has 0 saturated heterocycles. The van der Waals surface area contributed by atoms with Crippen molar-refractivity contribution in [2.45, 2.75) is 71.1 Å². The number of aromatic nitrogens is 1. The fourth-order valence-electron chi connectivity index (χ4n) is 3.31. The van der Waals surface area contributed by atoms with Gasteiger partial charge in [-0.3, -0.25) is 4.99 Å². The number of rotatable bonds is 7. The zero-order valence-corrected chi connectivity index (χ0v) is 19.1. The molecule has 1 fully saturated rings. The average Bonchev–Trinajstić information content (AvgIpc) is 2.87. The van der Waals surface area contributed by atoms with Gasteiger partial charge in [0.05, 0.1) is 5.69 Å². The minimum absolute atomic E-state index is 0. The van der Waals surface area contributed by atoms with E-state index in [0.29, 0.717) is 6.04 Å². The number of nitrogens with one attached hydrogen (secondary N) is 2. The Labute approximate surface area is 173 Å². The second-order valence-electron chi connectivity index (χ2n) is 6.40. The summed E-state index contributed by atoms with van der Waals surface area (Å²) in [4.78, 5) is 4.75. The van der Waals surface area contributed by atoms with Crippen LogP contribution in [-0.4, -0.2) is 41.3 Å². The van der Waals surface area contributed by atoms with E-state index in [9.17, 15) is 0 Å². The van der Waals surface area contributed by atoms with Crippen LogP contribution in [0.2, 0.25) is 0 Å². The fraction of sp³-hybridized carbons (Fsp3) is 0.778. The molecule has 1 aliphatic rings. The molecule has 0 spiro atoms.